The van der Waals surface area contributed by atoms with Gasteiger partial charge in [-0.3, -0.25) is 9.80 Å². The maximum atomic E-state index is 13.3. The van der Waals surface area contributed by atoms with E-state index in [2.05, 4.69) is 39.0 Å². The molecule has 37 heavy (non-hydrogen) atoms. The maximum absolute atomic E-state index is 13.3. The number of alkyl halides is 2. The fraction of sp³-hybridized carbons (Fsp3) is 0.481. The van der Waals surface area contributed by atoms with E-state index in [4.69, 9.17) is 14.7 Å². The number of anilines is 1. The third-order valence-electron chi connectivity index (χ3n) is 7.87. The average Bonchev–Trinajstić information content (AvgIpc) is 3.54. The van der Waals surface area contributed by atoms with E-state index in [9.17, 15) is 8.78 Å². The number of thiophene rings is 1. The number of nitrogens with one attached hydrogen (secondary N) is 1. The summed E-state index contributed by atoms with van der Waals surface area (Å²) in [5.74, 6) is -0.751. The monoisotopic (exact) mass is 524 g/mol. The smallest absolute Gasteiger partial charge is 0.272 e. The molecule has 0 atom stereocenters. The highest BCUT2D eigenvalue weighted by molar-refractivity contribution is 7.19. The number of hydrogen-bond donors (Lipinski definition) is 1. The van der Waals surface area contributed by atoms with Crippen LogP contribution in [0.2, 0.25) is 0 Å². The number of fused-ring (bicyclic) bond motifs is 2. The molecule has 0 unspecified atom stereocenters. The zero-order valence-electron chi connectivity index (χ0n) is 20.6. The molecule has 194 valence electrons. The second-order valence-corrected chi connectivity index (χ2v) is 11.5. The van der Waals surface area contributed by atoms with Crippen molar-refractivity contribution >= 4 is 38.3 Å². The molecule has 3 fully saturated rings. The van der Waals surface area contributed by atoms with E-state index in [1.54, 1.807) is 11.3 Å². The third kappa shape index (κ3) is 4.50. The second kappa shape index (κ2) is 9.27. The first-order valence-electron chi connectivity index (χ1n) is 13.1. The van der Waals surface area contributed by atoms with Crippen molar-refractivity contribution in [2.75, 3.05) is 57.4 Å². The van der Waals surface area contributed by atoms with Gasteiger partial charge in [0.2, 0.25) is 0 Å². The molecule has 3 saturated heterocycles. The molecular formula is C27H30F2N6OS. The van der Waals surface area contributed by atoms with E-state index in [0.717, 1.165) is 83.9 Å². The van der Waals surface area contributed by atoms with Gasteiger partial charge < -0.3 is 14.6 Å². The number of nitrogens with zero attached hydrogens (tertiary/aromatic N) is 5. The summed E-state index contributed by atoms with van der Waals surface area (Å²) in [5.41, 5.74) is 3.09. The van der Waals surface area contributed by atoms with Gasteiger partial charge in [-0.1, -0.05) is 12.1 Å². The maximum Gasteiger partial charge on any atom is 0.272 e. The molecular weight excluding hydrogens is 494 g/mol. The van der Waals surface area contributed by atoms with Gasteiger partial charge in [0.1, 0.15) is 0 Å². The Morgan fingerprint density at radius 1 is 1.05 bits per heavy atom. The summed E-state index contributed by atoms with van der Waals surface area (Å²) in [6, 6.07) is 10.8. The molecule has 3 aliphatic heterocycles. The van der Waals surface area contributed by atoms with E-state index in [1.807, 2.05) is 17.2 Å². The minimum Gasteiger partial charge on any atom is -0.378 e. The lowest BCUT2D eigenvalue weighted by atomic mass is 9.98. The van der Waals surface area contributed by atoms with E-state index in [-0.39, 0.29) is 19.1 Å². The first kappa shape index (κ1) is 23.5. The first-order valence-corrected chi connectivity index (χ1v) is 13.9. The van der Waals surface area contributed by atoms with Gasteiger partial charge in [0, 0.05) is 66.3 Å². The summed E-state index contributed by atoms with van der Waals surface area (Å²) in [6.07, 6.45) is 3.85. The molecule has 1 aromatic carbocycles. The summed E-state index contributed by atoms with van der Waals surface area (Å²) in [7, 11) is 0. The molecule has 6 heterocycles. The molecule has 10 heteroatoms. The Labute approximate surface area is 218 Å². The fourth-order valence-electron chi connectivity index (χ4n) is 5.90. The topological polar surface area (TPSA) is 60.5 Å². The van der Waals surface area contributed by atoms with Crippen molar-refractivity contribution in [3.63, 3.8) is 0 Å². The first-order chi connectivity index (χ1) is 18.0. The second-order valence-electron chi connectivity index (χ2n) is 10.4. The Hall–Kier alpha value is -2.66. The number of aromatic amines is 1. The summed E-state index contributed by atoms with van der Waals surface area (Å²) in [5, 5.41) is 1.12. The van der Waals surface area contributed by atoms with Crippen molar-refractivity contribution in [1.29, 1.82) is 0 Å². The van der Waals surface area contributed by atoms with Crippen LogP contribution in [-0.2, 0) is 11.3 Å². The van der Waals surface area contributed by atoms with Gasteiger partial charge in [0.25, 0.3) is 5.92 Å². The molecule has 0 aliphatic carbocycles. The zero-order valence-corrected chi connectivity index (χ0v) is 21.4. The highest BCUT2D eigenvalue weighted by atomic mass is 32.1. The molecule has 0 radical (unpaired) electrons. The van der Waals surface area contributed by atoms with Crippen molar-refractivity contribution in [3.8, 4) is 11.4 Å². The highest BCUT2D eigenvalue weighted by Gasteiger charge is 2.46. The normalized spacial score (nSPS) is 21.6. The Kier molecular flexibility index (Phi) is 5.88. The molecule has 0 bridgehead atoms. The predicted molar refractivity (Wildman–Crippen MR) is 143 cm³/mol. The van der Waals surface area contributed by atoms with E-state index in [1.165, 1.54) is 4.88 Å². The lowest BCUT2D eigenvalue weighted by Crippen LogP contribution is -2.61. The number of hydrogen-bond acceptors (Lipinski definition) is 7. The average molecular weight is 525 g/mol. The molecule has 0 spiro atoms. The van der Waals surface area contributed by atoms with Gasteiger partial charge in [-0.2, -0.15) is 0 Å². The molecule has 3 aliphatic rings. The number of rotatable bonds is 5. The Morgan fingerprint density at radius 2 is 1.86 bits per heavy atom. The minimum absolute atomic E-state index is 0.0736. The van der Waals surface area contributed by atoms with Crippen LogP contribution >= 0.6 is 11.3 Å². The van der Waals surface area contributed by atoms with Crippen LogP contribution in [0.4, 0.5) is 14.6 Å². The Bertz CT molecular complexity index is 1420. The van der Waals surface area contributed by atoms with Gasteiger partial charge in [-0.15, -0.1) is 11.3 Å². The SMILES string of the molecule is FC1(F)CN(C2CCN(Cc3cc4nc(-c5cccc6[nH]ccc56)nc(N5CCOCC5)c4s3)CC2)C1. The number of likely N-dealkylation sites (tertiary alicyclic amines) is 2. The van der Waals surface area contributed by atoms with E-state index in [0.29, 0.717) is 13.2 Å². The minimum atomic E-state index is -2.49. The van der Waals surface area contributed by atoms with Gasteiger partial charge in [-0.25, -0.2) is 18.7 Å². The van der Waals surface area contributed by atoms with E-state index < -0.39 is 5.92 Å². The van der Waals surface area contributed by atoms with Crippen LogP contribution in [0, 0.1) is 0 Å². The van der Waals surface area contributed by atoms with Gasteiger partial charge in [0.15, 0.2) is 11.6 Å². The number of piperidine rings is 1. The lowest BCUT2D eigenvalue weighted by Gasteiger charge is -2.46. The van der Waals surface area contributed by atoms with Crippen molar-refractivity contribution in [1.82, 2.24) is 24.8 Å². The molecule has 3 aromatic heterocycles. The molecule has 7 nitrogen and oxygen atoms in total. The summed E-state index contributed by atoms with van der Waals surface area (Å²) in [4.78, 5) is 21.4. The van der Waals surface area contributed by atoms with Crippen LogP contribution in [0.15, 0.2) is 36.5 Å². The fourth-order valence-corrected chi connectivity index (χ4v) is 7.06. The molecule has 0 saturated carbocycles. The van der Waals surface area contributed by atoms with Crippen LogP contribution < -0.4 is 4.90 Å². The predicted octanol–water partition coefficient (Wildman–Crippen LogP) is 4.59. The number of morpholine rings is 1. The van der Waals surface area contributed by atoms with Gasteiger partial charge >= 0.3 is 0 Å². The van der Waals surface area contributed by atoms with Crippen LogP contribution in [-0.4, -0.2) is 89.2 Å². The number of benzene rings is 1. The number of halogens is 2. The summed E-state index contributed by atoms with van der Waals surface area (Å²) >= 11 is 1.78. The van der Waals surface area contributed by atoms with Gasteiger partial charge in [0.05, 0.1) is 36.5 Å². The summed E-state index contributed by atoms with van der Waals surface area (Å²) in [6.45, 7) is 5.61. The highest BCUT2D eigenvalue weighted by Crippen LogP contribution is 2.37. The molecule has 4 aromatic rings. The van der Waals surface area contributed by atoms with E-state index >= 15 is 0 Å². The van der Waals surface area contributed by atoms with Crippen molar-refractivity contribution in [3.05, 3.63) is 41.4 Å². The summed E-state index contributed by atoms with van der Waals surface area (Å²) < 4.78 is 33.3. The molecule has 1 N–H and O–H groups in total. The van der Waals surface area contributed by atoms with Crippen LogP contribution in [0.1, 0.15) is 17.7 Å². The van der Waals surface area contributed by atoms with Crippen molar-refractivity contribution < 1.29 is 13.5 Å². The number of ether oxygens (including phenoxy) is 1. The standard InChI is InChI=1S/C27H30F2N6OS/c28-27(29)16-35(17-27)18-5-8-33(9-6-18)15-19-14-23-24(37-19)26(34-10-12-36-13-11-34)32-25(31-23)21-2-1-3-22-20(21)4-7-30-22/h1-4,7,14,18,30H,5-6,8-13,15-17H2. The van der Waals surface area contributed by atoms with Crippen LogP contribution in [0.5, 0.6) is 0 Å². The van der Waals surface area contributed by atoms with Crippen LogP contribution in [0.3, 0.4) is 0 Å². The van der Waals surface area contributed by atoms with Crippen molar-refractivity contribution in [2.24, 2.45) is 0 Å². The van der Waals surface area contributed by atoms with Crippen LogP contribution in [0.25, 0.3) is 32.5 Å². The third-order valence-corrected chi connectivity index (χ3v) is 8.98. The molecule has 7 rings (SSSR count). The lowest BCUT2D eigenvalue weighted by molar-refractivity contribution is -0.151. The number of H-pyrrole nitrogens is 1. The zero-order chi connectivity index (χ0) is 25.0. The largest absolute Gasteiger partial charge is 0.378 e. The number of aromatic nitrogens is 3. The van der Waals surface area contributed by atoms with Crippen molar-refractivity contribution in [2.45, 2.75) is 31.4 Å². The quantitative estimate of drug-likeness (QED) is 0.412. The Balaban J connectivity index is 1.17. The molecule has 0 amide bonds. The Morgan fingerprint density at radius 3 is 2.65 bits per heavy atom. The van der Waals surface area contributed by atoms with Gasteiger partial charge in [-0.05, 0) is 31.0 Å².